The number of ether oxygens (including phenoxy) is 1. The highest BCUT2D eigenvalue weighted by Gasteiger charge is 1.96. The molecule has 0 N–H and O–H groups in total. The smallest absolute Gasteiger partial charge is 0.119 e. The maximum absolute atomic E-state index is 5.87. The molecule has 2 heteroatoms. The third-order valence-electron chi connectivity index (χ3n) is 4.16. The summed E-state index contributed by atoms with van der Waals surface area (Å²) in [5.41, 5.74) is 2.55. The van der Waals surface area contributed by atoms with E-state index in [4.69, 9.17) is 16.3 Å². The van der Waals surface area contributed by atoms with Gasteiger partial charge in [0.05, 0.1) is 7.11 Å². The average molecular weight is 379 g/mol. The molecule has 4 aromatic rings. The minimum absolute atomic E-state index is 0.799. The molecule has 140 valence electrons. The van der Waals surface area contributed by atoms with E-state index in [0.29, 0.717) is 0 Å². The molecule has 4 rings (SSSR count). The first-order valence-electron chi connectivity index (χ1n) is 9.25. The van der Waals surface area contributed by atoms with Crippen molar-refractivity contribution in [3.05, 3.63) is 88.9 Å². The second-order valence-electron chi connectivity index (χ2n) is 6.21. The molecule has 0 saturated heterocycles. The zero-order valence-corrected chi connectivity index (χ0v) is 17.5. The summed E-state index contributed by atoms with van der Waals surface area (Å²) < 4.78 is 5.16. The molecule has 0 unspecified atom stereocenters. The third kappa shape index (κ3) is 5.74. The van der Waals surface area contributed by atoms with Gasteiger partial charge in [0, 0.05) is 5.02 Å². The molecular formula is C25H27ClO. The number of aryl methyl sites for hydroxylation is 2. The Hall–Kier alpha value is -2.51. The van der Waals surface area contributed by atoms with Crippen molar-refractivity contribution in [1.29, 1.82) is 0 Å². The Balaban J connectivity index is 0.000000178. The van der Waals surface area contributed by atoms with Crippen LogP contribution in [0.4, 0.5) is 0 Å². The van der Waals surface area contributed by atoms with Gasteiger partial charge in [-0.15, -0.1) is 0 Å². The van der Waals surface area contributed by atoms with E-state index in [9.17, 15) is 0 Å². The summed E-state index contributed by atoms with van der Waals surface area (Å²) in [6.07, 6.45) is 0. The van der Waals surface area contributed by atoms with Gasteiger partial charge in [0.15, 0.2) is 0 Å². The van der Waals surface area contributed by atoms with Crippen molar-refractivity contribution in [2.75, 3.05) is 7.11 Å². The van der Waals surface area contributed by atoms with E-state index in [1.165, 1.54) is 32.7 Å². The predicted molar refractivity (Wildman–Crippen MR) is 120 cm³/mol. The number of methoxy groups -OCH3 is 1. The van der Waals surface area contributed by atoms with Crippen LogP contribution in [0.2, 0.25) is 5.02 Å². The van der Waals surface area contributed by atoms with E-state index in [-0.39, 0.29) is 0 Å². The summed E-state index contributed by atoms with van der Waals surface area (Å²) in [6.45, 7) is 8.18. The lowest BCUT2D eigenvalue weighted by molar-refractivity contribution is 0.415. The Morgan fingerprint density at radius 2 is 1.07 bits per heavy atom. The van der Waals surface area contributed by atoms with Crippen molar-refractivity contribution >= 4 is 33.1 Å². The van der Waals surface area contributed by atoms with Gasteiger partial charge in [0.2, 0.25) is 0 Å². The van der Waals surface area contributed by atoms with Crippen molar-refractivity contribution in [2.24, 2.45) is 0 Å². The molecule has 0 spiro atoms. The van der Waals surface area contributed by atoms with E-state index in [1.807, 2.05) is 38.1 Å². The van der Waals surface area contributed by atoms with Crippen LogP contribution in [0.5, 0.6) is 5.75 Å². The van der Waals surface area contributed by atoms with Crippen molar-refractivity contribution in [2.45, 2.75) is 27.7 Å². The highest BCUT2D eigenvalue weighted by atomic mass is 35.5. The van der Waals surface area contributed by atoms with Crippen LogP contribution in [-0.4, -0.2) is 7.11 Å². The normalized spacial score (nSPS) is 9.85. The number of fused-ring (bicyclic) bond motifs is 2. The summed E-state index contributed by atoms with van der Waals surface area (Å²) in [5.74, 6) is 0.915. The van der Waals surface area contributed by atoms with E-state index < -0.39 is 0 Å². The summed E-state index contributed by atoms with van der Waals surface area (Å²) >= 11 is 5.87. The van der Waals surface area contributed by atoms with Crippen LogP contribution in [-0.2, 0) is 0 Å². The van der Waals surface area contributed by atoms with Crippen molar-refractivity contribution in [3.8, 4) is 5.75 Å². The zero-order chi connectivity index (χ0) is 19.8. The van der Waals surface area contributed by atoms with Crippen LogP contribution in [0.3, 0.4) is 0 Å². The zero-order valence-electron chi connectivity index (χ0n) is 16.7. The Morgan fingerprint density at radius 3 is 1.63 bits per heavy atom. The van der Waals surface area contributed by atoms with Gasteiger partial charge in [0.1, 0.15) is 5.75 Å². The second kappa shape index (κ2) is 9.99. The van der Waals surface area contributed by atoms with Gasteiger partial charge in [-0.25, -0.2) is 0 Å². The fourth-order valence-corrected chi connectivity index (χ4v) is 2.99. The lowest BCUT2D eigenvalue weighted by Crippen LogP contribution is -1.82. The largest absolute Gasteiger partial charge is 0.497 e. The number of rotatable bonds is 1. The second-order valence-corrected chi connectivity index (χ2v) is 6.65. The Labute approximate surface area is 167 Å². The number of halogens is 1. The van der Waals surface area contributed by atoms with Crippen LogP contribution >= 0.6 is 11.6 Å². The molecule has 0 atom stereocenters. The number of hydrogen-bond donors (Lipinski definition) is 0. The molecule has 0 amide bonds. The first-order valence-corrected chi connectivity index (χ1v) is 9.63. The first-order chi connectivity index (χ1) is 13.0. The van der Waals surface area contributed by atoms with Gasteiger partial charge in [-0.1, -0.05) is 85.1 Å². The van der Waals surface area contributed by atoms with E-state index >= 15 is 0 Å². The molecular weight excluding hydrogens is 352 g/mol. The molecule has 4 aromatic carbocycles. The van der Waals surface area contributed by atoms with Crippen LogP contribution in [0, 0.1) is 13.8 Å². The Morgan fingerprint density at radius 1 is 0.593 bits per heavy atom. The molecule has 0 saturated carbocycles. The quantitative estimate of drug-likeness (QED) is 0.326. The molecule has 27 heavy (non-hydrogen) atoms. The standard InChI is InChI=1S/C12H12O.C11H9Cl.C2H6/c1-9-3-4-10-5-6-12(13-2)8-11(10)7-9;1-8-2-3-9-4-5-11(12)7-10(9)6-8;1-2/h3-8H,1-2H3;2-7H,1H3;1-2H3. The molecule has 0 aliphatic rings. The van der Waals surface area contributed by atoms with Gasteiger partial charge in [-0.2, -0.15) is 0 Å². The van der Waals surface area contributed by atoms with Crippen LogP contribution < -0.4 is 4.74 Å². The topological polar surface area (TPSA) is 9.23 Å². The minimum Gasteiger partial charge on any atom is -0.497 e. The SMILES string of the molecule is CC.COc1ccc2ccc(C)cc2c1.Cc1ccc2ccc(Cl)cc2c1. The van der Waals surface area contributed by atoms with Crippen molar-refractivity contribution < 1.29 is 4.74 Å². The molecule has 0 aliphatic carbocycles. The van der Waals surface area contributed by atoms with Crippen LogP contribution in [0.1, 0.15) is 25.0 Å². The predicted octanol–water partition coefficient (Wildman–Crippen LogP) is 7.98. The summed E-state index contributed by atoms with van der Waals surface area (Å²) in [5, 5.41) is 5.74. The maximum atomic E-state index is 5.87. The van der Waals surface area contributed by atoms with Gasteiger partial charge in [0.25, 0.3) is 0 Å². The fourth-order valence-electron chi connectivity index (χ4n) is 2.81. The van der Waals surface area contributed by atoms with E-state index in [1.54, 1.807) is 7.11 Å². The van der Waals surface area contributed by atoms with E-state index in [0.717, 1.165) is 10.8 Å². The van der Waals surface area contributed by atoms with Crippen molar-refractivity contribution in [1.82, 2.24) is 0 Å². The molecule has 0 heterocycles. The molecule has 0 aromatic heterocycles. The maximum Gasteiger partial charge on any atom is 0.119 e. The van der Waals surface area contributed by atoms with Gasteiger partial charge >= 0.3 is 0 Å². The number of hydrogen-bond acceptors (Lipinski definition) is 1. The molecule has 0 fully saturated rings. The Bertz CT molecular complexity index is 984. The monoisotopic (exact) mass is 378 g/mol. The summed E-state index contributed by atoms with van der Waals surface area (Å²) in [4.78, 5) is 0. The Kier molecular flexibility index (Phi) is 7.69. The third-order valence-corrected chi connectivity index (χ3v) is 4.40. The van der Waals surface area contributed by atoms with Gasteiger partial charge in [-0.3, -0.25) is 0 Å². The lowest BCUT2D eigenvalue weighted by Gasteiger charge is -2.02. The average Bonchev–Trinajstić information content (AvgIpc) is 2.69. The molecule has 0 radical (unpaired) electrons. The van der Waals surface area contributed by atoms with E-state index in [2.05, 4.69) is 62.4 Å². The lowest BCUT2D eigenvalue weighted by atomic mass is 10.1. The van der Waals surface area contributed by atoms with Crippen LogP contribution in [0.15, 0.2) is 72.8 Å². The summed E-state index contributed by atoms with van der Waals surface area (Å²) in [6, 6.07) is 24.8. The minimum atomic E-state index is 0.799. The first kappa shape index (κ1) is 20.8. The molecule has 0 bridgehead atoms. The van der Waals surface area contributed by atoms with Crippen LogP contribution in [0.25, 0.3) is 21.5 Å². The van der Waals surface area contributed by atoms with Gasteiger partial charge in [-0.05, 0) is 59.7 Å². The highest BCUT2D eigenvalue weighted by molar-refractivity contribution is 6.31. The van der Waals surface area contributed by atoms with Gasteiger partial charge < -0.3 is 4.74 Å². The summed E-state index contributed by atoms with van der Waals surface area (Å²) in [7, 11) is 1.69. The number of benzene rings is 4. The molecule has 1 nitrogen and oxygen atoms in total. The highest BCUT2D eigenvalue weighted by Crippen LogP contribution is 2.21. The van der Waals surface area contributed by atoms with Crippen molar-refractivity contribution in [3.63, 3.8) is 0 Å². The molecule has 0 aliphatic heterocycles. The fraction of sp³-hybridized carbons (Fsp3) is 0.200.